The minimum absolute atomic E-state index is 0.680. The van der Waals surface area contributed by atoms with E-state index >= 15 is 0 Å². The van der Waals surface area contributed by atoms with Crippen LogP contribution in [0.4, 0.5) is 0 Å². The summed E-state index contributed by atoms with van der Waals surface area (Å²) in [7, 11) is 4.28. The summed E-state index contributed by atoms with van der Waals surface area (Å²) in [5.41, 5.74) is 6.48. The van der Waals surface area contributed by atoms with Crippen molar-refractivity contribution in [1.29, 1.82) is 0 Å². The number of nitrogens with two attached hydrogens (primary N) is 1. The van der Waals surface area contributed by atoms with Crippen molar-refractivity contribution in [3.05, 3.63) is 58.9 Å². The van der Waals surface area contributed by atoms with Gasteiger partial charge in [-0.05, 0) is 82.3 Å². The molecule has 1 aliphatic carbocycles. The Balaban J connectivity index is 1.63. The van der Waals surface area contributed by atoms with Crippen LogP contribution in [0.5, 0.6) is 0 Å². The molecule has 36 heavy (non-hydrogen) atoms. The van der Waals surface area contributed by atoms with E-state index in [1.54, 1.807) is 0 Å². The predicted octanol–water partition coefficient (Wildman–Crippen LogP) is 6.47. The van der Waals surface area contributed by atoms with Gasteiger partial charge in [0.2, 0.25) is 0 Å². The Morgan fingerprint density at radius 1 is 1.25 bits per heavy atom. The molecule has 0 aliphatic heterocycles. The van der Waals surface area contributed by atoms with Gasteiger partial charge in [0.05, 0.1) is 16.4 Å². The van der Waals surface area contributed by atoms with Crippen molar-refractivity contribution >= 4 is 40.1 Å². The summed E-state index contributed by atoms with van der Waals surface area (Å²) in [5.74, 6) is 1.43. The fourth-order valence-electron chi connectivity index (χ4n) is 4.92. The molecule has 0 saturated heterocycles. The van der Waals surface area contributed by atoms with Crippen molar-refractivity contribution in [1.82, 2.24) is 20.1 Å². The number of rotatable bonds is 15. The van der Waals surface area contributed by atoms with E-state index in [2.05, 4.69) is 67.5 Å². The highest BCUT2D eigenvalue weighted by Gasteiger charge is 2.23. The molecule has 1 aliphatic rings. The topological polar surface area (TPSA) is 57.4 Å². The lowest BCUT2D eigenvalue weighted by Gasteiger charge is -2.27. The van der Waals surface area contributed by atoms with Crippen molar-refractivity contribution in [3.8, 4) is 0 Å². The Hall–Kier alpha value is -1.73. The van der Waals surface area contributed by atoms with Crippen molar-refractivity contribution in [2.24, 2.45) is 11.1 Å². The summed E-state index contributed by atoms with van der Waals surface area (Å²) >= 11 is 8.27. The first-order valence-corrected chi connectivity index (χ1v) is 14.7. The number of pyridine rings is 1. The summed E-state index contributed by atoms with van der Waals surface area (Å²) in [5, 5.41) is 11.2. The minimum Gasteiger partial charge on any atom is -0.383 e. The van der Waals surface area contributed by atoms with Crippen LogP contribution in [0.25, 0.3) is 16.6 Å². The molecule has 1 unspecified atom stereocenters. The molecule has 2 aromatic rings. The molecule has 1 aromatic heterocycles. The van der Waals surface area contributed by atoms with Crippen LogP contribution in [-0.4, -0.2) is 54.4 Å². The highest BCUT2D eigenvalue weighted by Crippen LogP contribution is 2.36. The van der Waals surface area contributed by atoms with Crippen LogP contribution in [0.15, 0.2) is 37.1 Å². The van der Waals surface area contributed by atoms with Crippen LogP contribution in [0, 0.1) is 5.92 Å². The summed E-state index contributed by atoms with van der Waals surface area (Å²) < 4.78 is 0. The number of hydrogen-bond donors (Lipinski definition) is 2. The van der Waals surface area contributed by atoms with Crippen LogP contribution in [0.2, 0.25) is 5.02 Å². The zero-order valence-corrected chi connectivity index (χ0v) is 24.0. The number of aryl methyl sites for hydroxylation is 1. The lowest BCUT2D eigenvalue weighted by atomic mass is 9.84. The molecular formula is C29H44ClN5S. The third-order valence-corrected chi connectivity index (χ3v) is 8.08. The largest absolute Gasteiger partial charge is 0.383 e. The van der Waals surface area contributed by atoms with Crippen LogP contribution in [0.3, 0.4) is 0 Å². The molecule has 1 atom stereocenters. The second-order valence-electron chi connectivity index (χ2n) is 10.3. The first-order chi connectivity index (χ1) is 17.3. The molecule has 0 saturated carbocycles. The van der Waals surface area contributed by atoms with E-state index in [0.29, 0.717) is 5.92 Å². The summed E-state index contributed by atoms with van der Waals surface area (Å²) in [6, 6.07) is 6.32. The van der Waals surface area contributed by atoms with Gasteiger partial charge in [0.15, 0.2) is 0 Å². The molecule has 1 heterocycles. The van der Waals surface area contributed by atoms with Gasteiger partial charge >= 0.3 is 0 Å². The summed E-state index contributed by atoms with van der Waals surface area (Å²) in [4.78, 5) is 9.57. The average Bonchev–Trinajstić information content (AvgIpc) is 2.86. The van der Waals surface area contributed by atoms with Crippen LogP contribution < -0.4 is 10.5 Å². The van der Waals surface area contributed by atoms with Crippen LogP contribution in [-0.2, 0) is 12.8 Å². The van der Waals surface area contributed by atoms with Crippen molar-refractivity contribution in [2.45, 2.75) is 58.3 Å². The van der Waals surface area contributed by atoms with Crippen molar-refractivity contribution in [3.63, 3.8) is 0 Å². The fourth-order valence-corrected chi connectivity index (χ4v) is 5.76. The number of nitrogens with zero attached hydrogens (tertiary/aromatic N) is 3. The van der Waals surface area contributed by atoms with Gasteiger partial charge < -0.3 is 15.1 Å². The Bertz CT molecular complexity index is 1040. The maximum Gasteiger partial charge on any atom is 0.0779 e. The van der Waals surface area contributed by atoms with E-state index in [4.69, 9.17) is 21.7 Å². The van der Waals surface area contributed by atoms with Gasteiger partial charge in [-0.15, -0.1) is 0 Å². The van der Waals surface area contributed by atoms with Gasteiger partial charge in [-0.25, -0.2) is 0 Å². The van der Waals surface area contributed by atoms with Gasteiger partial charge in [-0.3, -0.25) is 10.1 Å². The van der Waals surface area contributed by atoms with Crippen molar-refractivity contribution < 1.29 is 0 Å². The third-order valence-electron chi connectivity index (χ3n) is 7.18. The van der Waals surface area contributed by atoms with Crippen molar-refractivity contribution in [2.75, 3.05) is 39.6 Å². The molecule has 0 radical (unpaired) electrons. The Kier molecular flexibility index (Phi) is 11.4. The summed E-state index contributed by atoms with van der Waals surface area (Å²) in [6.07, 6.45) is 9.07. The van der Waals surface area contributed by atoms with Crippen LogP contribution in [0.1, 0.15) is 62.3 Å². The highest BCUT2D eigenvalue weighted by atomic mass is 35.5. The van der Waals surface area contributed by atoms with Gasteiger partial charge in [-0.1, -0.05) is 68.6 Å². The SMILES string of the molecule is C=C(NCCN(CSN)C(=C)CCCCC)c1ccc2c(Cl)c3c(nc2c1)CCC(CCN(C)C)C3. The van der Waals surface area contributed by atoms with Gasteiger partial charge in [0.1, 0.15) is 0 Å². The number of unbranched alkanes of at least 4 members (excludes halogenated alkanes) is 2. The predicted molar refractivity (Wildman–Crippen MR) is 159 cm³/mol. The van der Waals surface area contributed by atoms with E-state index in [9.17, 15) is 0 Å². The fraction of sp³-hybridized carbons (Fsp3) is 0.552. The molecule has 0 spiro atoms. The standard InChI is InChI=1S/C29H44ClN5S/c1-6-7-8-9-21(2)35(20-36-31)17-15-32-22(3)24-11-12-25-28(19-24)33-27-13-10-23(14-16-34(4)5)18-26(27)29(25)30/h11-12,19,23,32H,2-3,6-10,13-18,20,31H2,1,4-5H3. The molecule has 1 aromatic carbocycles. The third kappa shape index (κ3) is 7.88. The zero-order chi connectivity index (χ0) is 26.1. The first-order valence-electron chi connectivity index (χ1n) is 13.3. The Labute approximate surface area is 227 Å². The van der Waals surface area contributed by atoms with E-state index in [-0.39, 0.29) is 0 Å². The normalized spacial score (nSPS) is 15.2. The van der Waals surface area contributed by atoms with E-state index in [1.165, 1.54) is 55.3 Å². The first kappa shape index (κ1) is 28.8. The maximum atomic E-state index is 6.93. The zero-order valence-electron chi connectivity index (χ0n) is 22.4. The average molecular weight is 530 g/mol. The smallest absolute Gasteiger partial charge is 0.0779 e. The molecule has 7 heteroatoms. The minimum atomic E-state index is 0.680. The number of benzene rings is 1. The molecule has 198 valence electrons. The molecule has 5 nitrogen and oxygen atoms in total. The van der Waals surface area contributed by atoms with Gasteiger partial charge in [0, 0.05) is 35.6 Å². The molecule has 0 bridgehead atoms. The number of aromatic nitrogens is 1. The number of halogens is 1. The lowest BCUT2D eigenvalue weighted by molar-refractivity contribution is 0.330. The van der Waals surface area contributed by atoms with Gasteiger partial charge in [0.25, 0.3) is 0 Å². The van der Waals surface area contributed by atoms with E-state index in [0.717, 1.165) is 77.7 Å². The molecule has 3 N–H and O–H groups in total. The van der Waals surface area contributed by atoms with E-state index < -0.39 is 0 Å². The van der Waals surface area contributed by atoms with Crippen LogP contribution >= 0.6 is 23.5 Å². The molecule has 3 rings (SSSR count). The summed E-state index contributed by atoms with van der Waals surface area (Å²) in [6.45, 7) is 13.5. The van der Waals surface area contributed by atoms with Gasteiger partial charge in [-0.2, -0.15) is 0 Å². The Morgan fingerprint density at radius 2 is 2.06 bits per heavy atom. The number of nitrogens with one attached hydrogen (secondary N) is 1. The quantitative estimate of drug-likeness (QED) is 0.157. The van der Waals surface area contributed by atoms with E-state index in [1.807, 2.05) is 0 Å². The number of hydrogen-bond acceptors (Lipinski definition) is 6. The number of fused-ring (bicyclic) bond motifs is 2. The molecule has 0 amide bonds. The lowest BCUT2D eigenvalue weighted by Crippen LogP contribution is -2.31. The second-order valence-corrected chi connectivity index (χ2v) is 11.2. The second kappa shape index (κ2) is 14.3. The molecule has 0 fully saturated rings. The highest BCUT2D eigenvalue weighted by molar-refractivity contribution is 7.97. The number of allylic oxidation sites excluding steroid dienone is 1. The Morgan fingerprint density at radius 3 is 2.78 bits per heavy atom. The molecular weight excluding hydrogens is 486 g/mol. The monoisotopic (exact) mass is 529 g/mol. The maximum absolute atomic E-state index is 6.93.